The minimum atomic E-state index is -1.02. The molecule has 0 aliphatic carbocycles. The van der Waals surface area contributed by atoms with Crippen molar-refractivity contribution in [2.24, 2.45) is 4.99 Å². The Kier molecular flexibility index (Phi) is 5.43. The zero-order valence-electron chi connectivity index (χ0n) is 14.0. The number of aliphatic imine (C=N–C) groups is 1. The summed E-state index contributed by atoms with van der Waals surface area (Å²) in [5.41, 5.74) is 0.779. The predicted octanol–water partition coefficient (Wildman–Crippen LogP) is 2.99. The van der Waals surface area contributed by atoms with E-state index >= 15 is 0 Å². The Bertz CT molecular complexity index is 738. The van der Waals surface area contributed by atoms with Gasteiger partial charge in [0.25, 0.3) is 5.91 Å². The van der Waals surface area contributed by atoms with Gasteiger partial charge in [-0.1, -0.05) is 12.1 Å². The summed E-state index contributed by atoms with van der Waals surface area (Å²) in [4.78, 5) is 30.0. The van der Waals surface area contributed by atoms with E-state index < -0.39 is 12.1 Å². The molecule has 1 aromatic carbocycles. The number of ether oxygens (including phenoxy) is 1. The summed E-state index contributed by atoms with van der Waals surface area (Å²) in [7, 11) is 0. The van der Waals surface area contributed by atoms with E-state index in [1.54, 1.807) is 24.3 Å². The van der Waals surface area contributed by atoms with E-state index in [0.29, 0.717) is 10.7 Å². The van der Waals surface area contributed by atoms with Gasteiger partial charge in [0.2, 0.25) is 0 Å². The third-order valence-corrected chi connectivity index (χ3v) is 5.10. The van der Waals surface area contributed by atoms with Crippen LogP contribution in [0.3, 0.4) is 0 Å². The first kappa shape index (κ1) is 17.5. The van der Waals surface area contributed by atoms with Crippen LogP contribution in [0.25, 0.3) is 6.08 Å². The summed E-state index contributed by atoms with van der Waals surface area (Å²) >= 11 is 1.40. The SMILES string of the molecule is C[C@H](Oc1cccc(/C=C2/SC(N3CCCCC3)=NC2=O)c1)C(=O)O. The van der Waals surface area contributed by atoms with Crippen molar-refractivity contribution in [1.29, 1.82) is 0 Å². The molecule has 1 N–H and O–H groups in total. The van der Waals surface area contributed by atoms with Gasteiger partial charge in [-0.15, -0.1) is 0 Å². The van der Waals surface area contributed by atoms with Crippen molar-refractivity contribution in [2.45, 2.75) is 32.3 Å². The van der Waals surface area contributed by atoms with Gasteiger partial charge in [0.05, 0.1) is 4.91 Å². The summed E-state index contributed by atoms with van der Waals surface area (Å²) in [5, 5.41) is 9.71. The van der Waals surface area contributed by atoms with Crippen LogP contribution in [0, 0.1) is 0 Å². The molecule has 3 rings (SSSR count). The summed E-state index contributed by atoms with van der Waals surface area (Å²) in [6.45, 7) is 3.37. The van der Waals surface area contributed by atoms with Crippen LogP contribution in [0.5, 0.6) is 5.75 Å². The van der Waals surface area contributed by atoms with Crippen LogP contribution >= 0.6 is 11.8 Å². The lowest BCUT2D eigenvalue weighted by molar-refractivity contribution is -0.144. The first-order valence-corrected chi connectivity index (χ1v) is 9.11. The zero-order chi connectivity index (χ0) is 17.8. The van der Waals surface area contributed by atoms with E-state index in [4.69, 9.17) is 9.84 Å². The van der Waals surface area contributed by atoms with Crippen molar-refractivity contribution in [2.75, 3.05) is 13.1 Å². The van der Waals surface area contributed by atoms with E-state index in [-0.39, 0.29) is 5.91 Å². The third-order valence-electron chi connectivity index (χ3n) is 4.05. The summed E-state index contributed by atoms with van der Waals surface area (Å²) in [5.74, 6) is -0.794. The van der Waals surface area contributed by atoms with E-state index in [9.17, 15) is 9.59 Å². The Morgan fingerprint density at radius 2 is 2.12 bits per heavy atom. The van der Waals surface area contributed by atoms with Crippen molar-refractivity contribution < 1.29 is 19.4 Å². The lowest BCUT2D eigenvalue weighted by Gasteiger charge is -2.27. The van der Waals surface area contributed by atoms with Gasteiger partial charge in [-0.25, -0.2) is 4.79 Å². The van der Waals surface area contributed by atoms with Crippen molar-refractivity contribution in [3.05, 3.63) is 34.7 Å². The lowest BCUT2D eigenvalue weighted by atomic mass is 10.1. The number of carbonyl (C=O) groups excluding carboxylic acids is 1. The molecule has 2 aliphatic heterocycles. The van der Waals surface area contributed by atoms with Gasteiger partial charge in [-0.2, -0.15) is 4.99 Å². The molecule has 0 spiro atoms. The molecule has 0 saturated carbocycles. The van der Waals surface area contributed by atoms with Gasteiger partial charge in [-0.05, 0) is 61.7 Å². The fraction of sp³-hybridized carbons (Fsp3) is 0.389. The summed E-state index contributed by atoms with van der Waals surface area (Å²) in [6.07, 6.45) is 4.33. The quantitative estimate of drug-likeness (QED) is 0.832. The first-order valence-electron chi connectivity index (χ1n) is 8.30. The Hall–Kier alpha value is -2.28. The molecule has 25 heavy (non-hydrogen) atoms. The fourth-order valence-electron chi connectivity index (χ4n) is 2.70. The highest BCUT2D eigenvalue weighted by Gasteiger charge is 2.26. The number of hydrogen-bond acceptors (Lipinski definition) is 5. The monoisotopic (exact) mass is 360 g/mol. The second kappa shape index (κ2) is 7.74. The lowest BCUT2D eigenvalue weighted by Crippen LogP contribution is -2.33. The maximum absolute atomic E-state index is 12.2. The van der Waals surface area contributed by atoms with Crippen molar-refractivity contribution in [3.63, 3.8) is 0 Å². The molecule has 0 aromatic heterocycles. The number of carboxylic acid groups (broad SMARTS) is 1. The van der Waals surface area contributed by atoms with E-state index in [0.717, 1.165) is 36.7 Å². The van der Waals surface area contributed by atoms with E-state index in [2.05, 4.69) is 9.89 Å². The number of benzene rings is 1. The Morgan fingerprint density at radius 1 is 1.36 bits per heavy atom. The number of thioether (sulfide) groups is 1. The number of amides is 1. The number of nitrogens with zero attached hydrogens (tertiary/aromatic N) is 2. The molecule has 7 heteroatoms. The maximum Gasteiger partial charge on any atom is 0.344 e. The maximum atomic E-state index is 12.2. The topological polar surface area (TPSA) is 79.2 Å². The van der Waals surface area contributed by atoms with Gasteiger partial charge in [0, 0.05) is 13.1 Å². The molecule has 1 saturated heterocycles. The number of aliphatic carboxylic acids is 1. The molecule has 2 aliphatic rings. The van der Waals surface area contributed by atoms with Gasteiger partial charge >= 0.3 is 5.97 Å². The number of rotatable bonds is 4. The van der Waals surface area contributed by atoms with E-state index in [1.807, 2.05) is 6.07 Å². The second-order valence-electron chi connectivity index (χ2n) is 6.03. The third kappa shape index (κ3) is 4.42. The molecular formula is C18H20N2O4S. The Morgan fingerprint density at radius 3 is 2.84 bits per heavy atom. The fourth-order valence-corrected chi connectivity index (χ4v) is 3.67. The second-order valence-corrected chi connectivity index (χ2v) is 7.04. The molecule has 0 unspecified atom stereocenters. The largest absolute Gasteiger partial charge is 0.479 e. The molecule has 1 atom stereocenters. The zero-order valence-corrected chi connectivity index (χ0v) is 14.8. The number of hydrogen-bond donors (Lipinski definition) is 1. The average Bonchev–Trinajstić information content (AvgIpc) is 2.96. The predicted molar refractivity (Wildman–Crippen MR) is 97.6 cm³/mol. The molecule has 1 amide bonds. The highest BCUT2D eigenvalue weighted by molar-refractivity contribution is 8.18. The van der Waals surface area contributed by atoms with Crippen LogP contribution in [-0.2, 0) is 9.59 Å². The minimum absolute atomic E-state index is 0.226. The number of likely N-dealkylation sites (tertiary alicyclic amines) is 1. The molecule has 2 heterocycles. The van der Waals surface area contributed by atoms with Crippen LogP contribution in [0.2, 0.25) is 0 Å². The highest BCUT2D eigenvalue weighted by atomic mass is 32.2. The molecule has 0 radical (unpaired) electrons. The molecule has 0 bridgehead atoms. The molecule has 132 valence electrons. The summed E-state index contributed by atoms with van der Waals surface area (Å²) in [6, 6.07) is 7.03. The number of carbonyl (C=O) groups is 2. The first-order chi connectivity index (χ1) is 12.0. The smallest absolute Gasteiger partial charge is 0.344 e. The molecule has 1 fully saturated rings. The van der Waals surface area contributed by atoms with Crippen LogP contribution in [0.1, 0.15) is 31.7 Å². The highest BCUT2D eigenvalue weighted by Crippen LogP contribution is 2.31. The van der Waals surface area contributed by atoms with Crippen molar-refractivity contribution in [1.82, 2.24) is 4.90 Å². The number of amidine groups is 1. The van der Waals surface area contributed by atoms with Gasteiger partial charge in [-0.3, -0.25) is 4.79 Å². The normalized spacial score (nSPS) is 20.5. The van der Waals surface area contributed by atoms with Crippen molar-refractivity contribution in [3.8, 4) is 5.75 Å². The van der Waals surface area contributed by atoms with Crippen LogP contribution in [0.4, 0.5) is 0 Å². The number of piperidine rings is 1. The number of carboxylic acids is 1. The molecule has 6 nitrogen and oxygen atoms in total. The van der Waals surface area contributed by atoms with Crippen molar-refractivity contribution >= 4 is 34.9 Å². The Labute approximate surface area is 150 Å². The van der Waals surface area contributed by atoms with Gasteiger partial charge in [0.1, 0.15) is 5.75 Å². The average molecular weight is 360 g/mol. The standard InChI is InChI=1S/C18H20N2O4S/c1-12(17(22)23)24-14-7-5-6-13(10-14)11-15-16(21)19-18(25-15)20-8-3-2-4-9-20/h5-7,10-12H,2-4,8-9H2,1H3,(H,22,23)/b15-11+/t12-/m0/s1. The van der Waals surface area contributed by atoms with Gasteiger partial charge < -0.3 is 14.7 Å². The van der Waals surface area contributed by atoms with Crippen LogP contribution in [-0.4, -0.2) is 46.2 Å². The van der Waals surface area contributed by atoms with Crippen LogP contribution < -0.4 is 4.74 Å². The Balaban J connectivity index is 1.71. The minimum Gasteiger partial charge on any atom is -0.479 e. The van der Waals surface area contributed by atoms with Crippen LogP contribution in [0.15, 0.2) is 34.2 Å². The van der Waals surface area contributed by atoms with Gasteiger partial charge in [0.15, 0.2) is 11.3 Å². The summed E-state index contributed by atoms with van der Waals surface area (Å²) < 4.78 is 5.37. The van der Waals surface area contributed by atoms with E-state index in [1.165, 1.54) is 25.1 Å². The molecule has 1 aromatic rings. The molecular weight excluding hydrogens is 340 g/mol.